The lowest BCUT2D eigenvalue weighted by Crippen LogP contribution is -2.47. The molecule has 1 amide bonds. The van der Waals surface area contributed by atoms with Gasteiger partial charge in [0.05, 0.1) is 12.2 Å². The van der Waals surface area contributed by atoms with Crippen molar-refractivity contribution < 1.29 is 4.79 Å². The van der Waals surface area contributed by atoms with E-state index in [9.17, 15) is 4.79 Å². The van der Waals surface area contributed by atoms with Crippen LogP contribution in [0.25, 0.3) is 0 Å². The summed E-state index contributed by atoms with van der Waals surface area (Å²) in [6, 6.07) is -0.0162. The quantitative estimate of drug-likeness (QED) is 0.784. The van der Waals surface area contributed by atoms with Crippen LogP contribution >= 0.6 is 0 Å². The molecular formula is C17H35N3O. The van der Waals surface area contributed by atoms with Gasteiger partial charge in [0.25, 0.3) is 0 Å². The summed E-state index contributed by atoms with van der Waals surface area (Å²) in [5.74, 6) is 1.11. The Hall–Kier alpha value is -0.610. The van der Waals surface area contributed by atoms with E-state index in [1.54, 1.807) is 0 Å². The molecule has 1 fully saturated rings. The van der Waals surface area contributed by atoms with Crippen molar-refractivity contribution in [3.63, 3.8) is 0 Å². The Morgan fingerprint density at radius 3 is 2.29 bits per heavy atom. The Labute approximate surface area is 131 Å². The summed E-state index contributed by atoms with van der Waals surface area (Å²) in [5, 5.41) is 3.58. The molecule has 3 unspecified atom stereocenters. The number of nitrogens with one attached hydrogen (secondary N) is 1. The molecule has 4 heteroatoms. The first-order valence-electron chi connectivity index (χ1n) is 8.30. The summed E-state index contributed by atoms with van der Waals surface area (Å²) < 4.78 is 0. The molecule has 21 heavy (non-hydrogen) atoms. The standard InChI is InChI=1S/C17H35N3O/c1-9-13(4)14-16(21)20(15(18-14)12(2)3)11-17(5,6)10-19(7)8/h12-15,18H,9-11H2,1-8H3. The minimum absolute atomic E-state index is 0.0162. The van der Waals surface area contributed by atoms with Crippen LogP contribution in [-0.4, -0.2) is 55.1 Å². The second-order valence-electron chi connectivity index (χ2n) is 8.09. The zero-order chi connectivity index (χ0) is 16.4. The van der Waals surface area contributed by atoms with Gasteiger partial charge in [-0.1, -0.05) is 48.0 Å². The van der Waals surface area contributed by atoms with Crippen molar-refractivity contribution in [2.24, 2.45) is 17.3 Å². The monoisotopic (exact) mass is 297 g/mol. The highest BCUT2D eigenvalue weighted by Gasteiger charge is 2.43. The van der Waals surface area contributed by atoms with Crippen molar-refractivity contribution in [1.29, 1.82) is 0 Å². The fourth-order valence-electron chi connectivity index (χ4n) is 3.40. The minimum atomic E-state index is -0.0162. The summed E-state index contributed by atoms with van der Waals surface area (Å²) in [4.78, 5) is 17.1. The summed E-state index contributed by atoms with van der Waals surface area (Å²) in [7, 11) is 4.18. The molecule has 1 aliphatic rings. The smallest absolute Gasteiger partial charge is 0.241 e. The number of hydrogen-bond donors (Lipinski definition) is 1. The van der Waals surface area contributed by atoms with Gasteiger partial charge in [0.15, 0.2) is 0 Å². The van der Waals surface area contributed by atoms with Crippen molar-refractivity contribution in [2.75, 3.05) is 27.2 Å². The molecule has 1 aliphatic heterocycles. The Balaban J connectivity index is 2.88. The predicted molar refractivity (Wildman–Crippen MR) is 89.1 cm³/mol. The van der Waals surface area contributed by atoms with Crippen molar-refractivity contribution in [1.82, 2.24) is 15.1 Å². The van der Waals surface area contributed by atoms with Gasteiger partial charge in [-0.2, -0.15) is 0 Å². The fraction of sp³-hybridized carbons (Fsp3) is 0.941. The van der Waals surface area contributed by atoms with E-state index in [1.807, 2.05) is 0 Å². The van der Waals surface area contributed by atoms with Crippen LogP contribution in [-0.2, 0) is 4.79 Å². The first-order valence-corrected chi connectivity index (χ1v) is 8.30. The predicted octanol–water partition coefficient (Wildman–Crippen LogP) is 2.40. The van der Waals surface area contributed by atoms with Gasteiger partial charge in [-0.3, -0.25) is 10.1 Å². The number of hydrogen-bond acceptors (Lipinski definition) is 3. The van der Waals surface area contributed by atoms with Crippen LogP contribution in [0.3, 0.4) is 0 Å². The van der Waals surface area contributed by atoms with Gasteiger partial charge in [0.2, 0.25) is 5.91 Å². The number of nitrogens with zero attached hydrogens (tertiary/aromatic N) is 2. The third-order valence-corrected chi connectivity index (χ3v) is 4.42. The largest absolute Gasteiger partial charge is 0.325 e. The molecule has 1 rings (SSSR count). The summed E-state index contributed by atoms with van der Waals surface area (Å²) in [6.07, 6.45) is 1.20. The van der Waals surface area contributed by atoms with E-state index in [2.05, 4.69) is 70.8 Å². The Kier molecular flexibility index (Phi) is 6.23. The van der Waals surface area contributed by atoms with Crippen LogP contribution in [0.1, 0.15) is 48.0 Å². The molecule has 0 aliphatic carbocycles. The average Bonchev–Trinajstić information content (AvgIpc) is 2.64. The summed E-state index contributed by atoms with van der Waals surface area (Å²) in [5.41, 5.74) is 0.0956. The van der Waals surface area contributed by atoms with E-state index in [0.29, 0.717) is 11.8 Å². The SMILES string of the molecule is CCC(C)C1NC(C(C)C)N(CC(C)(C)CN(C)C)C1=O. The third-order valence-electron chi connectivity index (χ3n) is 4.42. The molecule has 124 valence electrons. The Morgan fingerprint density at radius 1 is 1.29 bits per heavy atom. The number of carbonyl (C=O) groups excluding carboxylic acids is 1. The van der Waals surface area contributed by atoms with Crippen molar-refractivity contribution in [3.05, 3.63) is 0 Å². The highest BCUT2D eigenvalue weighted by Crippen LogP contribution is 2.27. The van der Waals surface area contributed by atoms with Gasteiger partial charge < -0.3 is 9.80 Å². The van der Waals surface area contributed by atoms with Crippen LogP contribution in [0.2, 0.25) is 0 Å². The highest BCUT2D eigenvalue weighted by molar-refractivity contribution is 5.84. The summed E-state index contributed by atoms with van der Waals surface area (Å²) in [6.45, 7) is 15.0. The molecule has 3 atom stereocenters. The molecule has 1 N–H and O–H groups in total. The molecule has 0 bridgehead atoms. The van der Waals surface area contributed by atoms with Gasteiger partial charge >= 0.3 is 0 Å². The van der Waals surface area contributed by atoms with E-state index in [-0.39, 0.29) is 23.5 Å². The number of carbonyl (C=O) groups is 1. The molecular weight excluding hydrogens is 262 g/mol. The lowest BCUT2D eigenvalue weighted by atomic mass is 9.91. The lowest BCUT2D eigenvalue weighted by molar-refractivity contribution is -0.132. The third kappa shape index (κ3) is 4.68. The van der Waals surface area contributed by atoms with Gasteiger partial charge in [0, 0.05) is 13.1 Å². The molecule has 1 saturated heterocycles. The van der Waals surface area contributed by atoms with Gasteiger partial charge in [-0.15, -0.1) is 0 Å². The molecule has 0 spiro atoms. The first kappa shape index (κ1) is 18.4. The van der Waals surface area contributed by atoms with Crippen molar-refractivity contribution in [3.8, 4) is 0 Å². The average molecular weight is 297 g/mol. The minimum Gasteiger partial charge on any atom is -0.325 e. The molecule has 0 radical (unpaired) electrons. The molecule has 0 saturated carbocycles. The molecule has 0 aromatic carbocycles. The van der Waals surface area contributed by atoms with Crippen LogP contribution in [0, 0.1) is 17.3 Å². The maximum atomic E-state index is 12.8. The summed E-state index contributed by atoms with van der Waals surface area (Å²) >= 11 is 0. The molecule has 1 heterocycles. The van der Waals surface area contributed by atoms with E-state index in [0.717, 1.165) is 19.5 Å². The Bertz CT molecular complexity index is 352. The van der Waals surface area contributed by atoms with Crippen molar-refractivity contribution in [2.45, 2.75) is 60.2 Å². The zero-order valence-electron chi connectivity index (χ0n) is 15.2. The van der Waals surface area contributed by atoms with E-state index >= 15 is 0 Å². The Morgan fingerprint density at radius 2 is 1.86 bits per heavy atom. The van der Waals surface area contributed by atoms with Crippen LogP contribution in [0.5, 0.6) is 0 Å². The van der Waals surface area contributed by atoms with Gasteiger partial charge in [-0.25, -0.2) is 0 Å². The number of amides is 1. The van der Waals surface area contributed by atoms with E-state index in [1.165, 1.54) is 0 Å². The normalized spacial score (nSPS) is 25.2. The van der Waals surface area contributed by atoms with Crippen LogP contribution < -0.4 is 5.32 Å². The topological polar surface area (TPSA) is 35.6 Å². The maximum Gasteiger partial charge on any atom is 0.241 e. The first-order chi connectivity index (χ1) is 9.59. The van der Waals surface area contributed by atoms with Gasteiger partial charge in [0.1, 0.15) is 0 Å². The van der Waals surface area contributed by atoms with Crippen LogP contribution in [0.15, 0.2) is 0 Å². The number of rotatable bonds is 7. The highest BCUT2D eigenvalue weighted by atomic mass is 16.2. The lowest BCUT2D eigenvalue weighted by Gasteiger charge is -2.36. The fourth-order valence-corrected chi connectivity index (χ4v) is 3.40. The van der Waals surface area contributed by atoms with E-state index in [4.69, 9.17) is 0 Å². The molecule has 0 aromatic rings. The van der Waals surface area contributed by atoms with Crippen LogP contribution in [0.4, 0.5) is 0 Å². The van der Waals surface area contributed by atoms with Crippen molar-refractivity contribution >= 4 is 5.91 Å². The maximum absolute atomic E-state index is 12.8. The zero-order valence-corrected chi connectivity index (χ0v) is 15.2. The van der Waals surface area contributed by atoms with E-state index < -0.39 is 0 Å². The molecule has 4 nitrogen and oxygen atoms in total. The second-order valence-corrected chi connectivity index (χ2v) is 8.09. The van der Waals surface area contributed by atoms with Gasteiger partial charge in [-0.05, 0) is 31.3 Å². The molecule has 0 aromatic heterocycles. The second kappa shape index (κ2) is 7.10.